The van der Waals surface area contributed by atoms with Gasteiger partial charge in [0.05, 0.1) is 26.2 Å². The Bertz CT molecular complexity index is 862. The van der Waals surface area contributed by atoms with Crippen molar-refractivity contribution in [3.05, 3.63) is 56.1 Å². The van der Waals surface area contributed by atoms with Gasteiger partial charge in [0, 0.05) is 11.0 Å². The van der Waals surface area contributed by atoms with Gasteiger partial charge in [-0.05, 0) is 24.3 Å². The molecule has 0 spiro atoms. The van der Waals surface area contributed by atoms with E-state index in [1.165, 1.54) is 12.1 Å². The molecule has 0 bridgehead atoms. The van der Waals surface area contributed by atoms with Gasteiger partial charge in [0.15, 0.2) is 0 Å². The van der Waals surface area contributed by atoms with Gasteiger partial charge in [0.25, 0.3) is 5.69 Å². The lowest BCUT2D eigenvalue weighted by Crippen LogP contribution is -2.18. The first kappa shape index (κ1) is 19.4. The molecule has 0 aliphatic rings. The summed E-state index contributed by atoms with van der Waals surface area (Å²) in [4.78, 5) is 22.5. The lowest BCUT2D eigenvalue weighted by Gasteiger charge is -2.21. The van der Waals surface area contributed by atoms with Crippen LogP contribution in [0, 0.1) is 10.1 Å². The molecular weight excluding hydrogens is 404 g/mol. The van der Waals surface area contributed by atoms with Crippen LogP contribution in [-0.2, 0) is 11.0 Å². The zero-order valence-corrected chi connectivity index (χ0v) is 14.3. The SMILES string of the molecule is O=CN(c1ccc(C(F)(F)F)cc1[N+](=O)[O-])c1c(Cl)ccc(Cl)c1S. The van der Waals surface area contributed by atoms with E-state index in [2.05, 4.69) is 12.6 Å². The molecule has 2 aromatic carbocycles. The molecule has 132 valence electrons. The summed E-state index contributed by atoms with van der Waals surface area (Å²) in [5.41, 5.74) is -2.65. The first-order chi connectivity index (χ1) is 11.6. The number of nitro benzene ring substituents is 1. The van der Waals surface area contributed by atoms with Crippen LogP contribution in [0.1, 0.15) is 5.56 Å². The molecule has 1 amide bonds. The molecule has 2 rings (SSSR count). The van der Waals surface area contributed by atoms with Crippen molar-refractivity contribution in [3.63, 3.8) is 0 Å². The van der Waals surface area contributed by atoms with Gasteiger partial charge in [-0.15, -0.1) is 12.6 Å². The van der Waals surface area contributed by atoms with E-state index < -0.39 is 28.0 Å². The van der Waals surface area contributed by atoms with E-state index in [9.17, 15) is 28.1 Å². The van der Waals surface area contributed by atoms with Gasteiger partial charge in [-0.1, -0.05) is 23.2 Å². The summed E-state index contributed by atoms with van der Waals surface area (Å²) < 4.78 is 38.4. The maximum Gasteiger partial charge on any atom is 0.416 e. The predicted octanol–water partition coefficient (Wildman–Crippen LogP) is 5.50. The van der Waals surface area contributed by atoms with Crippen LogP contribution in [0.5, 0.6) is 0 Å². The zero-order chi connectivity index (χ0) is 18.9. The van der Waals surface area contributed by atoms with Crippen LogP contribution in [0.4, 0.5) is 30.2 Å². The number of hydrogen-bond acceptors (Lipinski definition) is 4. The quantitative estimate of drug-likeness (QED) is 0.313. The van der Waals surface area contributed by atoms with E-state index in [0.717, 1.165) is 11.0 Å². The van der Waals surface area contributed by atoms with Crippen LogP contribution in [0.2, 0.25) is 10.0 Å². The summed E-state index contributed by atoms with van der Waals surface area (Å²) in [6, 6.07) is 4.48. The fraction of sp³-hybridized carbons (Fsp3) is 0.0714. The summed E-state index contributed by atoms with van der Waals surface area (Å²) in [5.74, 6) is 0. The molecule has 0 N–H and O–H groups in total. The monoisotopic (exact) mass is 410 g/mol. The number of thiol groups is 1. The van der Waals surface area contributed by atoms with E-state index in [1.807, 2.05) is 0 Å². The Labute approximate surface area is 154 Å². The Hall–Kier alpha value is -1.97. The number of anilines is 2. The van der Waals surface area contributed by atoms with Crippen LogP contribution in [0.25, 0.3) is 0 Å². The molecule has 0 radical (unpaired) electrons. The molecule has 25 heavy (non-hydrogen) atoms. The number of nitro groups is 1. The van der Waals surface area contributed by atoms with Gasteiger partial charge in [-0.3, -0.25) is 19.8 Å². The third-order valence-corrected chi connectivity index (χ3v) is 4.36. The molecule has 0 fully saturated rings. The fourth-order valence-corrected chi connectivity index (χ4v) is 2.81. The minimum atomic E-state index is -4.78. The fourth-order valence-electron chi connectivity index (χ4n) is 2.04. The molecule has 0 saturated carbocycles. The summed E-state index contributed by atoms with van der Waals surface area (Å²) in [6.07, 6.45) is -4.61. The Kier molecular flexibility index (Phi) is 5.50. The first-order valence-electron chi connectivity index (χ1n) is 6.35. The highest BCUT2D eigenvalue weighted by molar-refractivity contribution is 7.80. The third kappa shape index (κ3) is 3.83. The molecule has 0 unspecified atom stereocenters. The smallest absolute Gasteiger partial charge is 0.278 e. The molecule has 0 aromatic heterocycles. The number of amides is 1. The van der Waals surface area contributed by atoms with Gasteiger partial charge in [-0.2, -0.15) is 13.2 Å². The standard InChI is InChI=1S/C14H7Cl2F3N2O3S/c15-8-2-3-9(16)13(25)12(8)20(6-22)10-4-1-7(14(17,18)19)5-11(10)21(23)24/h1-6,25H. The number of halogens is 5. The van der Waals surface area contributed by atoms with Crippen LogP contribution >= 0.6 is 35.8 Å². The minimum Gasteiger partial charge on any atom is -0.278 e. The average Bonchev–Trinajstić information content (AvgIpc) is 2.53. The molecule has 2 aromatic rings. The lowest BCUT2D eigenvalue weighted by atomic mass is 10.1. The van der Waals surface area contributed by atoms with E-state index >= 15 is 0 Å². The largest absolute Gasteiger partial charge is 0.416 e. The van der Waals surface area contributed by atoms with Gasteiger partial charge in [-0.25, -0.2) is 0 Å². The molecule has 0 aliphatic carbocycles. The van der Waals surface area contributed by atoms with Crippen LogP contribution < -0.4 is 4.90 Å². The molecule has 0 heterocycles. The second-order valence-corrected chi connectivity index (χ2v) is 5.92. The van der Waals surface area contributed by atoms with E-state index in [1.54, 1.807) is 0 Å². The van der Waals surface area contributed by atoms with Gasteiger partial charge in [0.2, 0.25) is 6.41 Å². The number of nitrogens with zero attached hydrogens (tertiary/aromatic N) is 2. The Morgan fingerprint density at radius 2 is 1.76 bits per heavy atom. The Morgan fingerprint density at radius 3 is 2.28 bits per heavy atom. The van der Waals surface area contributed by atoms with Gasteiger partial charge < -0.3 is 0 Å². The molecule has 0 atom stereocenters. The average molecular weight is 411 g/mol. The second kappa shape index (κ2) is 7.11. The molecular formula is C14H7Cl2F3N2O3S. The summed E-state index contributed by atoms with van der Waals surface area (Å²) >= 11 is 16.0. The third-order valence-electron chi connectivity index (χ3n) is 3.16. The maximum atomic E-state index is 12.8. The van der Waals surface area contributed by atoms with Crippen LogP contribution in [-0.4, -0.2) is 11.3 Å². The lowest BCUT2D eigenvalue weighted by molar-refractivity contribution is -0.384. The molecule has 5 nitrogen and oxygen atoms in total. The second-order valence-electron chi connectivity index (χ2n) is 4.66. The summed E-state index contributed by atoms with van der Waals surface area (Å²) in [5, 5.41) is 11.3. The van der Waals surface area contributed by atoms with Crippen molar-refractivity contribution in [1.82, 2.24) is 0 Å². The summed E-state index contributed by atoms with van der Waals surface area (Å²) in [7, 11) is 0. The number of rotatable bonds is 4. The number of hydrogen-bond donors (Lipinski definition) is 1. The zero-order valence-electron chi connectivity index (χ0n) is 11.9. The highest BCUT2D eigenvalue weighted by Crippen LogP contribution is 2.43. The van der Waals surface area contributed by atoms with Crippen molar-refractivity contribution in [2.24, 2.45) is 0 Å². The van der Waals surface area contributed by atoms with Crippen LogP contribution in [0.15, 0.2) is 35.2 Å². The molecule has 0 saturated heterocycles. The minimum absolute atomic E-state index is 0.0179. The van der Waals surface area contributed by atoms with Crippen molar-refractivity contribution in [3.8, 4) is 0 Å². The van der Waals surface area contributed by atoms with Crippen LogP contribution in [0.3, 0.4) is 0 Å². The topological polar surface area (TPSA) is 63.5 Å². The highest BCUT2D eigenvalue weighted by atomic mass is 35.5. The van der Waals surface area contributed by atoms with Crippen molar-refractivity contribution in [1.29, 1.82) is 0 Å². The van der Waals surface area contributed by atoms with Gasteiger partial charge in [0.1, 0.15) is 5.69 Å². The molecule has 0 aliphatic heterocycles. The maximum absolute atomic E-state index is 12.8. The normalized spacial score (nSPS) is 11.3. The van der Waals surface area contributed by atoms with Crippen molar-refractivity contribution in [2.45, 2.75) is 11.1 Å². The number of carbonyl (C=O) groups is 1. The number of carbonyl (C=O) groups excluding carboxylic acids is 1. The number of benzene rings is 2. The van der Waals surface area contributed by atoms with Crippen molar-refractivity contribution < 1.29 is 22.9 Å². The van der Waals surface area contributed by atoms with E-state index in [0.29, 0.717) is 12.1 Å². The van der Waals surface area contributed by atoms with Crippen molar-refractivity contribution >= 4 is 59.3 Å². The highest BCUT2D eigenvalue weighted by Gasteiger charge is 2.34. The van der Waals surface area contributed by atoms with Crippen molar-refractivity contribution in [2.75, 3.05) is 4.90 Å². The Morgan fingerprint density at radius 1 is 1.16 bits per heavy atom. The summed E-state index contributed by atoms with van der Waals surface area (Å²) in [6.45, 7) is 0. The first-order valence-corrected chi connectivity index (χ1v) is 7.55. The van der Waals surface area contributed by atoms with E-state index in [-0.39, 0.29) is 27.0 Å². The number of alkyl halides is 3. The predicted molar refractivity (Wildman–Crippen MR) is 90.0 cm³/mol. The Balaban J connectivity index is 2.73. The van der Waals surface area contributed by atoms with E-state index in [4.69, 9.17) is 23.2 Å². The molecule has 11 heteroatoms. The van der Waals surface area contributed by atoms with Gasteiger partial charge >= 0.3 is 6.18 Å².